The second-order valence-electron chi connectivity index (χ2n) is 7.01. The minimum absolute atomic E-state index is 0.0310. The molecule has 170 valence electrons. The van der Waals surface area contributed by atoms with E-state index < -0.39 is 45.1 Å². The molecule has 1 aromatic heterocycles. The lowest BCUT2D eigenvalue weighted by molar-refractivity contribution is -0.274. The van der Waals surface area contributed by atoms with Gasteiger partial charge in [0, 0.05) is 6.26 Å². The third kappa shape index (κ3) is 4.90. The smallest absolute Gasteiger partial charge is 0.458 e. The zero-order chi connectivity index (χ0) is 23.8. The lowest BCUT2D eigenvalue weighted by Crippen LogP contribution is -2.26. The van der Waals surface area contributed by atoms with Crippen LogP contribution in [0.15, 0.2) is 52.2 Å². The molecular weight excluding hydrogens is 453 g/mol. The minimum atomic E-state index is -4.89. The highest BCUT2D eigenvalue weighted by atomic mass is 32.2. The van der Waals surface area contributed by atoms with E-state index in [-0.39, 0.29) is 21.5 Å². The number of esters is 1. The van der Waals surface area contributed by atoms with Gasteiger partial charge in [-0.3, -0.25) is 4.79 Å². The average molecular weight is 470 g/mol. The fraction of sp³-hybridized carbons (Fsp3) is 0.250. The zero-order valence-corrected chi connectivity index (χ0v) is 17.8. The van der Waals surface area contributed by atoms with Crippen molar-refractivity contribution in [2.75, 3.05) is 6.26 Å². The summed E-state index contributed by atoms with van der Waals surface area (Å²) in [7, 11) is -3.88. The monoisotopic (exact) mass is 470 g/mol. The molecule has 2 aromatic carbocycles. The predicted octanol–water partition coefficient (Wildman–Crippen LogP) is 3.25. The third-order valence-corrected chi connectivity index (χ3v) is 5.26. The molecule has 0 fully saturated rings. The van der Waals surface area contributed by atoms with E-state index in [0.717, 1.165) is 23.1 Å². The summed E-state index contributed by atoms with van der Waals surface area (Å²) in [5, 5.41) is 3.73. The first kappa shape index (κ1) is 23.3. The number of benzene rings is 2. The van der Waals surface area contributed by atoms with Crippen LogP contribution in [0.3, 0.4) is 0 Å². The number of aromatic nitrogens is 2. The van der Waals surface area contributed by atoms with Crippen molar-refractivity contribution in [2.45, 2.75) is 31.2 Å². The Labute approximate surface area is 180 Å². The van der Waals surface area contributed by atoms with E-state index >= 15 is 0 Å². The molecule has 8 nitrogen and oxygen atoms in total. The number of rotatable bonds is 5. The standard InChI is InChI=1S/C20H17F3N2O6S/c1-11(2)30-19(27)17-18(26)16-14(5-4-6-15(16)32(3,28)29)25(24-17)12-7-9-13(10-8-12)31-20(21,22)23/h4-11H,1-3H3. The molecule has 0 atom stereocenters. The maximum absolute atomic E-state index is 13.0. The number of fused-ring (bicyclic) bond motifs is 1. The van der Waals surface area contributed by atoms with Crippen molar-refractivity contribution >= 4 is 26.7 Å². The van der Waals surface area contributed by atoms with Gasteiger partial charge in [0.2, 0.25) is 11.1 Å². The molecule has 0 saturated heterocycles. The maximum Gasteiger partial charge on any atom is 0.573 e. The van der Waals surface area contributed by atoms with Crippen LogP contribution in [0, 0.1) is 0 Å². The number of halogens is 3. The molecule has 1 heterocycles. The van der Waals surface area contributed by atoms with Gasteiger partial charge in [-0.1, -0.05) is 6.07 Å². The normalized spacial score (nSPS) is 12.2. The van der Waals surface area contributed by atoms with Gasteiger partial charge in [0.1, 0.15) is 5.75 Å². The molecule has 0 N–H and O–H groups in total. The quantitative estimate of drug-likeness (QED) is 0.527. The first-order valence-corrected chi connectivity index (χ1v) is 11.0. The summed E-state index contributed by atoms with van der Waals surface area (Å²) < 4.78 is 71.8. The van der Waals surface area contributed by atoms with E-state index in [1.54, 1.807) is 13.8 Å². The van der Waals surface area contributed by atoms with Gasteiger partial charge in [-0.15, -0.1) is 13.2 Å². The van der Waals surface area contributed by atoms with E-state index in [9.17, 15) is 31.2 Å². The summed E-state index contributed by atoms with van der Waals surface area (Å²) >= 11 is 0. The first-order valence-electron chi connectivity index (χ1n) is 9.11. The highest BCUT2D eigenvalue weighted by molar-refractivity contribution is 7.91. The summed E-state index contributed by atoms with van der Waals surface area (Å²) in [6.07, 6.45) is -4.57. The Morgan fingerprint density at radius 1 is 1.09 bits per heavy atom. The number of carbonyl (C=O) groups excluding carboxylic acids is 1. The summed E-state index contributed by atoms with van der Waals surface area (Å²) in [6, 6.07) is 8.44. The zero-order valence-electron chi connectivity index (χ0n) is 17.0. The van der Waals surface area contributed by atoms with Crippen molar-refractivity contribution in [1.82, 2.24) is 9.78 Å². The fourth-order valence-electron chi connectivity index (χ4n) is 2.94. The van der Waals surface area contributed by atoms with Gasteiger partial charge in [-0.05, 0) is 50.2 Å². The van der Waals surface area contributed by atoms with Crippen LogP contribution < -0.4 is 10.2 Å². The third-order valence-electron chi connectivity index (χ3n) is 4.12. The lowest BCUT2D eigenvalue weighted by atomic mass is 10.2. The number of carbonyl (C=O) groups is 1. The van der Waals surface area contributed by atoms with Gasteiger partial charge in [0.25, 0.3) is 0 Å². The second kappa shape index (κ2) is 8.26. The first-order chi connectivity index (χ1) is 14.8. The molecule has 0 saturated carbocycles. The number of sulfone groups is 1. The predicted molar refractivity (Wildman–Crippen MR) is 108 cm³/mol. The Morgan fingerprint density at radius 3 is 2.25 bits per heavy atom. The van der Waals surface area contributed by atoms with Crippen molar-refractivity contribution in [3.63, 3.8) is 0 Å². The SMILES string of the molecule is CC(C)OC(=O)c1nn(-c2ccc(OC(F)(F)F)cc2)c2cccc(S(C)(=O)=O)c2c1=O. The highest BCUT2D eigenvalue weighted by Crippen LogP contribution is 2.26. The fourth-order valence-corrected chi connectivity index (χ4v) is 3.83. The van der Waals surface area contributed by atoms with E-state index in [4.69, 9.17) is 4.74 Å². The molecule has 0 radical (unpaired) electrons. The van der Waals surface area contributed by atoms with Crippen LogP contribution in [0.4, 0.5) is 13.2 Å². The molecule has 0 unspecified atom stereocenters. The largest absolute Gasteiger partial charge is 0.573 e. The number of hydrogen-bond acceptors (Lipinski definition) is 7. The van der Waals surface area contributed by atoms with Gasteiger partial charge < -0.3 is 9.47 Å². The van der Waals surface area contributed by atoms with Crippen LogP contribution in [-0.4, -0.2) is 42.9 Å². The van der Waals surface area contributed by atoms with Crippen molar-refractivity contribution in [3.8, 4) is 11.4 Å². The van der Waals surface area contributed by atoms with Gasteiger partial charge in [-0.25, -0.2) is 17.9 Å². The molecule has 12 heteroatoms. The van der Waals surface area contributed by atoms with Crippen LogP contribution in [0.1, 0.15) is 24.3 Å². The molecule has 3 rings (SSSR count). The van der Waals surface area contributed by atoms with Crippen LogP contribution in [0.5, 0.6) is 5.75 Å². The summed E-state index contributed by atoms with van der Waals surface area (Å²) in [5.41, 5.74) is -1.44. The van der Waals surface area contributed by atoms with Gasteiger partial charge in [0.15, 0.2) is 9.84 Å². The van der Waals surface area contributed by atoms with Crippen LogP contribution in [-0.2, 0) is 14.6 Å². The maximum atomic E-state index is 13.0. The Balaban J connectivity index is 2.31. The van der Waals surface area contributed by atoms with Crippen molar-refractivity contribution in [2.24, 2.45) is 0 Å². The molecular formula is C20H17F3N2O6S. The Hall–Kier alpha value is -3.41. The molecule has 3 aromatic rings. The molecule has 0 spiro atoms. The van der Waals surface area contributed by atoms with E-state index in [2.05, 4.69) is 9.84 Å². The number of nitrogens with zero attached hydrogens (tertiary/aromatic N) is 2. The molecule has 0 aliphatic heterocycles. The Bertz CT molecular complexity index is 1350. The molecule has 32 heavy (non-hydrogen) atoms. The van der Waals surface area contributed by atoms with E-state index in [0.29, 0.717) is 0 Å². The molecule has 0 bridgehead atoms. The highest BCUT2D eigenvalue weighted by Gasteiger charge is 2.31. The average Bonchev–Trinajstić information content (AvgIpc) is 2.66. The molecule has 0 aliphatic carbocycles. The van der Waals surface area contributed by atoms with Crippen molar-refractivity contribution in [1.29, 1.82) is 0 Å². The topological polar surface area (TPSA) is 105 Å². The minimum Gasteiger partial charge on any atom is -0.458 e. The van der Waals surface area contributed by atoms with Gasteiger partial charge in [-0.2, -0.15) is 5.10 Å². The van der Waals surface area contributed by atoms with Crippen molar-refractivity contribution < 1.29 is 35.9 Å². The summed E-state index contributed by atoms with van der Waals surface area (Å²) in [5.74, 6) is -1.57. The second-order valence-corrected chi connectivity index (χ2v) is 8.99. The number of ether oxygens (including phenoxy) is 2. The molecule has 0 amide bonds. The van der Waals surface area contributed by atoms with E-state index in [1.165, 1.54) is 30.3 Å². The number of hydrogen-bond donors (Lipinski definition) is 0. The molecule has 0 aliphatic rings. The van der Waals surface area contributed by atoms with Crippen LogP contribution >= 0.6 is 0 Å². The van der Waals surface area contributed by atoms with Gasteiger partial charge >= 0.3 is 12.3 Å². The van der Waals surface area contributed by atoms with Crippen LogP contribution in [0.25, 0.3) is 16.6 Å². The lowest BCUT2D eigenvalue weighted by Gasteiger charge is -2.15. The summed E-state index contributed by atoms with van der Waals surface area (Å²) in [6.45, 7) is 3.11. The Kier molecular flexibility index (Phi) is 6.00. The van der Waals surface area contributed by atoms with Crippen molar-refractivity contribution in [3.05, 3.63) is 58.4 Å². The van der Waals surface area contributed by atoms with E-state index in [1.807, 2.05) is 0 Å². The Morgan fingerprint density at radius 2 is 1.72 bits per heavy atom. The van der Waals surface area contributed by atoms with Crippen LogP contribution in [0.2, 0.25) is 0 Å². The summed E-state index contributed by atoms with van der Waals surface area (Å²) in [4.78, 5) is 25.2. The number of alkyl halides is 3. The van der Waals surface area contributed by atoms with Gasteiger partial charge in [0.05, 0.1) is 27.6 Å².